The molecule has 2 amide bonds. The molecule has 37 heavy (non-hydrogen) atoms. The van der Waals surface area contributed by atoms with Gasteiger partial charge in [0.05, 0.1) is 6.04 Å². The van der Waals surface area contributed by atoms with Crippen molar-refractivity contribution in [2.75, 3.05) is 6.54 Å². The average Bonchev–Trinajstić information content (AvgIpc) is 3.44. The average molecular weight is 496 g/mol. The molecule has 0 radical (unpaired) electrons. The molecule has 1 unspecified atom stereocenters. The van der Waals surface area contributed by atoms with Crippen molar-refractivity contribution in [1.82, 2.24) is 15.2 Å². The van der Waals surface area contributed by atoms with Gasteiger partial charge >= 0.3 is 0 Å². The molecule has 4 aromatic rings. The van der Waals surface area contributed by atoms with Crippen molar-refractivity contribution in [3.8, 4) is 5.75 Å². The van der Waals surface area contributed by atoms with E-state index in [0.29, 0.717) is 31.0 Å². The van der Waals surface area contributed by atoms with Gasteiger partial charge in [-0.3, -0.25) is 14.6 Å². The summed E-state index contributed by atoms with van der Waals surface area (Å²) in [5.41, 5.74) is 4.33. The fourth-order valence-corrected chi connectivity index (χ4v) is 4.65. The van der Waals surface area contributed by atoms with Gasteiger partial charge < -0.3 is 19.4 Å². The molecule has 0 bridgehead atoms. The van der Waals surface area contributed by atoms with Crippen LogP contribution in [0.5, 0.6) is 5.75 Å². The minimum atomic E-state index is -0.289. The molecule has 0 fully saturated rings. The molecule has 0 saturated carbocycles. The highest BCUT2D eigenvalue weighted by molar-refractivity contribution is 5.91. The largest absolute Gasteiger partial charge is 0.486 e. The van der Waals surface area contributed by atoms with E-state index < -0.39 is 0 Å². The molecule has 7 nitrogen and oxygen atoms in total. The van der Waals surface area contributed by atoms with Crippen molar-refractivity contribution in [1.29, 1.82) is 0 Å². The number of carbonyl (C=O) groups excluding carboxylic acids is 2. The van der Waals surface area contributed by atoms with E-state index in [0.717, 1.165) is 23.1 Å². The summed E-state index contributed by atoms with van der Waals surface area (Å²) < 4.78 is 11.8. The van der Waals surface area contributed by atoms with E-state index in [1.165, 1.54) is 5.56 Å². The van der Waals surface area contributed by atoms with Crippen LogP contribution in [0.1, 0.15) is 58.0 Å². The number of hydrogen-bond acceptors (Lipinski definition) is 5. The first-order chi connectivity index (χ1) is 18.1. The normalized spacial score (nSPS) is 14.6. The zero-order valence-electron chi connectivity index (χ0n) is 20.7. The third-order valence-electron chi connectivity index (χ3n) is 6.55. The monoisotopic (exact) mass is 495 g/mol. The van der Waals surface area contributed by atoms with Crippen LogP contribution in [0.4, 0.5) is 0 Å². The number of carbonyl (C=O) groups is 2. The Hall–Kier alpha value is -4.39. The van der Waals surface area contributed by atoms with Gasteiger partial charge in [0.25, 0.3) is 5.91 Å². The van der Waals surface area contributed by atoms with Gasteiger partial charge in [0, 0.05) is 31.9 Å². The Balaban J connectivity index is 1.28. The molecule has 7 heteroatoms. The molecule has 2 aromatic heterocycles. The van der Waals surface area contributed by atoms with Gasteiger partial charge in [0.2, 0.25) is 5.91 Å². The fourth-order valence-electron chi connectivity index (χ4n) is 4.65. The summed E-state index contributed by atoms with van der Waals surface area (Å²) in [6.07, 6.45) is 4.64. The molecule has 1 N–H and O–H groups in total. The molecule has 3 heterocycles. The summed E-state index contributed by atoms with van der Waals surface area (Å²) in [6, 6.07) is 23.1. The van der Waals surface area contributed by atoms with E-state index in [9.17, 15) is 9.59 Å². The Morgan fingerprint density at radius 2 is 1.86 bits per heavy atom. The third-order valence-corrected chi connectivity index (χ3v) is 6.55. The van der Waals surface area contributed by atoms with E-state index in [2.05, 4.69) is 28.5 Å². The van der Waals surface area contributed by atoms with Gasteiger partial charge in [-0.1, -0.05) is 43.3 Å². The molecule has 2 aromatic carbocycles. The zero-order chi connectivity index (χ0) is 25.6. The second kappa shape index (κ2) is 11.1. The van der Waals surface area contributed by atoms with Gasteiger partial charge in [0.15, 0.2) is 5.76 Å². The molecule has 1 aliphatic rings. The Morgan fingerprint density at radius 1 is 1.05 bits per heavy atom. The number of ether oxygens (including phenoxy) is 1. The zero-order valence-corrected chi connectivity index (χ0v) is 20.7. The first-order valence-electron chi connectivity index (χ1n) is 12.5. The number of rotatable bonds is 8. The SMILES string of the molecule is CCC(=O)N1CCc2ccc(OCc3ccc(C(=O)NCc4ccncc4)o3)cc2C1c1ccccc1. The van der Waals surface area contributed by atoms with Crippen LogP contribution in [0.15, 0.2) is 89.6 Å². The maximum absolute atomic E-state index is 12.8. The number of nitrogens with one attached hydrogen (secondary N) is 1. The lowest BCUT2D eigenvalue weighted by molar-refractivity contribution is -0.132. The van der Waals surface area contributed by atoms with Gasteiger partial charge in [0.1, 0.15) is 18.1 Å². The van der Waals surface area contributed by atoms with Gasteiger partial charge in [-0.2, -0.15) is 0 Å². The number of furan rings is 1. The van der Waals surface area contributed by atoms with Crippen molar-refractivity contribution < 1.29 is 18.7 Å². The predicted molar refractivity (Wildman–Crippen MR) is 139 cm³/mol. The molecule has 5 rings (SSSR count). The van der Waals surface area contributed by atoms with E-state index >= 15 is 0 Å². The summed E-state index contributed by atoms with van der Waals surface area (Å²) in [7, 11) is 0. The number of benzene rings is 2. The highest BCUT2D eigenvalue weighted by Gasteiger charge is 2.31. The van der Waals surface area contributed by atoms with Crippen LogP contribution in [0.3, 0.4) is 0 Å². The Labute approximate surface area is 216 Å². The number of aromatic nitrogens is 1. The van der Waals surface area contributed by atoms with E-state index in [4.69, 9.17) is 9.15 Å². The van der Waals surface area contributed by atoms with Crippen LogP contribution in [0, 0.1) is 0 Å². The molecular formula is C30H29N3O4. The van der Waals surface area contributed by atoms with E-state index in [1.807, 2.05) is 54.3 Å². The third kappa shape index (κ3) is 5.56. The highest BCUT2D eigenvalue weighted by Crippen LogP contribution is 2.37. The van der Waals surface area contributed by atoms with Crippen LogP contribution >= 0.6 is 0 Å². The van der Waals surface area contributed by atoms with Crippen LogP contribution in [0.25, 0.3) is 0 Å². The van der Waals surface area contributed by atoms with E-state index in [1.54, 1.807) is 24.5 Å². The lowest BCUT2D eigenvalue weighted by Crippen LogP contribution is -2.40. The van der Waals surface area contributed by atoms with Crippen molar-refractivity contribution >= 4 is 11.8 Å². The molecule has 1 atom stereocenters. The summed E-state index contributed by atoms with van der Waals surface area (Å²) in [6.45, 7) is 3.17. The topological polar surface area (TPSA) is 84.7 Å². The first-order valence-corrected chi connectivity index (χ1v) is 12.5. The first kappa shape index (κ1) is 24.3. The second-order valence-electron chi connectivity index (χ2n) is 8.96. The summed E-state index contributed by atoms with van der Waals surface area (Å²) >= 11 is 0. The minimum absolute atomic E-state index is 0.135. The molecule has 0 spiro atoms. The highest BCUT2D eigenvalue weighted by atomic mass is 16.5. The van der Waals surface area contributed by atoms with E-state index in [-0.39, 0.29) is 30.2 Å². The van der Waals surface area contributed by atoms with Crippen molar-refractivity contribution in [2.45, 2.75) is 39.0 Å². The summed E-state index contributed by atoms with van der Waals surface area (Å²) in [4.78, 5) is 31.2. The summed E-state index contributed by atoms with van der Waals surface area (Å²) in [5, 5.41) is 2.84. The number of fused-ring (bicyclic) bond motifs is 1. The van der Waals surface area contributed by atoms with Crippen LogP contribution in [0.2, 0.25) is 0 Å². The maximum atomic E-state index is 12.8. The predicted octanol–water partition coefficient (Wildman–Crippen LogP) is 5.07. The van der Waals surface area contributed by atoms with Crippen molar-refractivity contribution in [3.63, 3.8) is 0 Å². The summed E-state index contributed by atoms with van der Waals surface area (Å²) in [5.74, 6) is 1.31. The molecular weight excluding hydrogens is 466 g/mol. The standard InChI is InChI=1S/C30H29N3O4/c1-2-28(34)33-17-14-22-8-9-24(18-26(22)29(33)23-6-4-3-5-7-23)36-20-25-10-11-27(37-25)30(35)32-19-21-12-15-31-16-13-21/h3-13,15-16,18,29H,2,14,17,19-20H2,1H3,(H,32,35). The molecule has 1 aliphatic heterocycles. The lowest BCUT2D eigenvalue weighted by Gasteiger charge is -2.38. The van der Waals surface area contributed by atoms with Crippen molar-refractivity contribution in [3.05, 3.63) is 119 Å². The van der Waals surface area contributed by atoms with Crippen LogP contribution in [-0.2, 0) is 24.4 Å². The smallest absolute Gasteiger partial charge is 0.287 e. The number of amides is 2. The quantitative estimate of drug-likeness (QED) is 0.369. The molecule has 188 valence electrons. The second-order valence-corrected chi connectivity index (χ2v) is 8.96. The molecule has 0 saturated heterocycles. The molecule has 0 aliphatic carbocycles. The number of hydrogen-bond donors (Lipinski definition) is 1. The van der Waals surface area contributed by atoms with Crippen LogP contribution in [-0.4, -0.2) is 28.2 Å². The maximum Gasteiger partial charge on any atom is 0.287 e. The Kier molecular flexibility index (Phi) is 7.31. The number of pyridine rings is 1. The van der Waals surface area contributed by atoms with Crippen LogP contribution < -0.4 is 10.1 Å². The lowest BCUT2D eigenvalue weighted by atomic mass is 9.87. The van der Waals surface area contributed by atoms with Crippen molar-refractivity contribution in [2.24, 2.45) is 0 Å². The van der Waals surface area contributed by atoms with Gasteiger partial charge in [-0.05, 0) is 65.1 Å². The Bertz CT molecular complexity index is 1370. The number of nitrogens with zero attached hydrogens (tertiary/aromatic N) is 2. The van der Waals surface area contributed by atoms with Gasteiger partial charge in [-0.25, -0.2) is 0 Å². The fraction of sp³-hybridized carbons (Fsp3) is 0.233. The minimum Gasteiger partial charge on any atom is -0.486 e. The van der Waals surface area contributed by atoms with Gasteiger partial charge in [-0.15, -0.1) is 0 Å². The Morgan fingerprint density at radius 3 is 2.65 bits per heavy atom.